The molecule has 5 heteroatoms. The topological polar surface area (TPSA) is 29.1 Å². The van der Waals surface area contributed by atoms with Crippen LogP contribution in [0.3, 0.4) is 0 Å². The molecule has 0 heterocycles. The number of benzene rings is 1. The van der Waals surface area contributed by atoms with Gasteiger partial charge in [-0.2, -0.15) is 0 Å². The lowest BCUT2D eigenvalue weighted by Gasteiger charge is -2.15. The number of halogens is 3. The molecule has 0 saturated carbocycles. The summed E-state index contributed by atoms with van der Waals surface area (Å²) in [7, 11) is 0. The van der Waals surface area contributed by atoms with Crippen LogP contribution in [0.15, 0.2) is 22.7 Å². The molecule has 0 fully saturated rings. The van der Waals surface area contributed by atoms with Crippen molar-refractivity contribution in [1.82, 2.24) is 5.32 Å². The van der Waals surface area contributed by atoms with Gasteiger partial charge in [0.1, 0.15) is 0 Å². The molecule has 0 aliphatic heterocycles. The van der Waals surface area contributed by atoms with Gasteiger partial charge in [0.25, 0.3) is 5.91 Å². The van der Waals surface area contributed by atoms with Crippen LogP contribution in [-0.2, 0) is 0 Å². The number of carbonyl (C=O) groups is 1. The van der Waals surface area contributed by atoms with E-state index in [0.29, 0.717) is 10.6 Å². The zero-order chi connectivity index (χ0) is 13.0. The normalized spacial score (nSPS) is 14.2. The summed E-state index contributed by atoms with van der Waals surface area (Å²) in [6, 6.07) is 5.15. The van der Waals surface area contributed by atoms with Crippen molar-refractivity contribution in [2.24, 2.45) is 0 Å². The molecule has 94 valence electrons. The third-order valence-electron chi connectivity index (χ3n) is 2.23. The number of amides is 1. The van der Waals surface area contributed by atoms with E-state index in [1.165, 1.54) is 0 Å². The summed E-state index contributed by atoms with van der Waals surface area (Å²) in [5.41, 5.74) is 0.534. The fourth-order valence-electron chi connectivity index (χ4n) is 1.52. The smallest absolute Gasteiger partial charge is 0.252 e. The lowest BCUT2D eigenvalue weighted by Crippen LogP contribution is -2.34. The highest BCUT2D eigenvalue weighted by atomic mass is 79.9. The molecule has 0 bridgehead atoms. The second-order valence-corrected chi connectivity index (χ2v) is 6.05. The number of rotatable bonds is 4. The van der Waals surface area contributed by atoms with Crippen LogP contribution in [0.5, 0.6) is 0 Å². The minimum Gasteiger partial charge on any atom is -0.349 e. The van der Waals surface area contributed by atoms with Crippen molar-refractivity contribution in [3.05, 3.63) is 33.3 Å². The first-order valence-corrected chi connectivity index (χ1v) is 6.91. The quantitative estimate of drug-likeness (QED) is 0.817. The van der Waals surface area contributed by atoms with Crippen molar-refractivity contribution >= 4 is 45.0 Å². The number of alkyl halides is 1. The van der Waals surface area contributed by atoms with Crippen LogP contribution in [0, 0.1) is 0 Å². The molecule has 1 aromatic rings. The molecular weight excluding hydrogens is 325 g/mol. The van der Waals surface area contributed by atoms with E-state index in [1.807, 2.05) is 13.8 Å². The summed E-state index contributed by atoms with van der Waals surface area (Å²) < 4.78 is 0.727. The SMILES string of the molecule is CC(Cl)CC(C)NC(=O)c1cc(Cl)ccc1Br. The van der Waals surface area contributed by atoms with Crippen LogP contribution in [-0.4, -0.2) is 17.3 Å². The summed E-state index contributed by atoms with van der Waals surface area (Å²) in [6.07, 6.45) is 0.728. The largest absolute Gasteiger partial charge is 0.349 e. The van der Waals surface area contributed by atoms with Gasteiger partial charge >= 0.3 is 0 Å². The van der Waals surface area contributed by atoms with Crippen LogP contribution in [0.2, 0.25) is 5.02 Å². The molecule has 2 unspecified atom stereocenters. The highest BCUT2D eigenvalue weighted by molar-refractivity contribution is 9.10. The number of carbonyl (C=O) groups excluding carboxylic acids is 1. The first-order valence-electron chi connectivity index (χ1n) is 5.30. The predicted octanol–water partition coefficient (Wildman–Crippen LogP) is 4.24. The zero-order valence-corrected chi connectivity index (χ0v) is 12.7. The van der Waals surface area contributed by atoms with E-state index in [9.17, 15) is 4.79 Å². The van der Waals surface area contributed by atoms with Gasteiger partial charge in [0.05, 0.1) is 5.56 Å². The summed E-state index contributed by atoms with van der Waals surface area (Å²) in [5, 5.41) is 3.46. The summed E-state index contributed by atoms with van der Waals surface area (Å²) in [6.45, 7) is 3.83. The maximum absolute atomic E-state index is 12.0. The summed E-state index contributed by atoms with van der Waals surface area (Å²) in [5.74, 6) is -0.149. The monoisotopic (exact) mass is 337 g/mol. The Labute approximate surface area is 120 Å². The van der Waals surface area contributed by atoms with E-state index in [-0.39, 0.29) is 17.3 Å². The molecule has 0 aromatic heterocycles. The Morgan fingerprint density at radius 1 is 1.47 bits per heavy atom. The van der Waals surface area contributed by atoms with E-state index in [4.69, 9.17) is 23.2 Å². The van der Waals surface area contributed by atoms with E-state index in [1.54, 1.807) is 18.2 Å². The Kier molecular flexibility index (Phi) is 5.77. The Morgan fingerprint density at radius 3 is 2.71 bits per heavy atom. The molecule has 0 aliphatic carbocycles. The minimum atomic E-state index is -0.149. The first-order chi connectivity index (χ1) is 7.90. The van der Waals surface area contributed by atoms with Gasteiger partial charge in [-0.05, 0) is 54.4 Å². The maximum atomic E-state index is 12.0. The molecule has 0 radical (unpaired) electrons. The molecule has 2 atom stereocenters. The highest BCUT2D eigenvalue weighted by Crippen LogP contribution is 2.21. The van der Waals surface area contributed by atoms with E-state index in [2.05, 4.69) is 21.2 Å². The van der Waals surface area contributed by atoms with Gasteiger partial charge in [0.2, 0.25) is 0 Å². The molecule has 17 heavy (non-hydrogen) atoms. The van der Waals surface area contributed by atoms with E-state index in [0.717, 1.165) is 10.9 Å². The molecule has 2 nitrogen and oxygen atoms in total. The first kappa shape index (κ1) is 14.8. The van der Waals surface area contributed by atoms with Gasteiger partial charge in [0, 0.05) is 20.9 Å². The van der Waals surface area contributed by atoms with Gasteiger partial charge < -0.3 is 5.32 Å². The summed E-state index contributed by atoms with van der Waals surface area (Å²) >= 11 is 15.1. The van der Waals surface area contributed by atoms with Crippen LogP contribution in [0.25, 0.3) is 0 Å². The fourth-order valence-corrected chi connectivity index (χ4v) is 2.39. The van der Waals surface area contributed by atoms with Crippen LogP contribution in [0.1, 0.15) is 30.6 Å². The molecule has 0 spiro atoms. The molecule has 1 aromatic carbocycles. The van der Waals surface area contributed by atoms with Gasteiger partial charge in [-0.1, -0.05) is 11.6 Å². The van der Waals surface area contributed by atoms with Crippen molar-refractivity contribution in [1.29, 1.82) is 0 Å². The standard InChI is InChI=1S/C12H14BrCl2NO/c1-7(14)5-8(2)16-12(17)10-6-9(15)3-4-11(10)13/h3-4,6-8H,5H2,1-2H3,(H,16,17). The van der Waals surface area contributed by atoms with Crippen molar-refractivity contribution < 1.29 is 4.79 Å². The minimum absolute atomic E-state index is 0.0286. The van der Waals surface area contributed by atoms with Crippen molar-refractivity contribution in [2.75, 3.05) is 0 Å². The molecule has 1 rings (SSSR count). The maximum Gasteiger partial charge on any atom is 0.252 e. The fraction of sp³-hybridized carbons (Fsp3) is 0.417. The van der Waals surface area contributed by atoms with E-state index < -0.39 is 0 Å². The second kappa shape index (κ2) is 6.62. The van der Waals surface area contributed by atoms with Crippen LogP contribution in [0.4, 0.5) is 0 Å². The van der Waals surface area contributed by atoms with Gasteiger partial charge in [-0.15, -0.1) is 11.6 Å². The molecule has 0 aliphatic rings. The molecule has 1 amide bonds. The number of hydrogen-bond donors (Lipinski definition) is 1. The van der Waals surface area contributed by atoms with Crippen molar-refractivity contribution in [3.8, 4) is 0 Å². The zero-order valence-electron chi connectivity index (χ0n) is 9.64. The predicted molar refractivity (Wildman–Crippen MR) is 76.0 cm³/mol. The Balaban J connectivity index is 2.73. The van der Waals surface area contributed by atoms with Gasteiger partial charge in [-0.3, -0.25) is 4.79 Å². The highest BCUT2D eigenvalue weighted by Gasteiger charge is 2.14. The van der Waals surface area contributed by atoms with Crippen LogP contribution >= 0.6 is 39.1 Å². The van der Waals surface area contributed by atoms with Crippen LogP contribution < -0.4 is 5.32 Å². The van der Waals surface area contributed by atoms with Crippen molar-refractivity contribution in [2.45, 2.75) is 31.7 Å². The Hall–Kier alpha value is -0.250. The average Bonchev–Trinajstić information content (AvgIpc) is 2.20. The summed E-state index contributed by atoms with van der Waals surface area (Å²) in [4.78, 5) is 12.0. The Bertz CT molecular complexity index is 409. The average molecular weight is 339 g/mol. The lowest BCUT2D eigenvalue weighted by molar-refractivity contribution is 0.0938. The van der Waals surface area contributed by atoms with Crippen molar-refractivity contribution in [3.63, 3.8) is 0 Å². The molecule has 0 saturated heterocycles. The Morgan fingerprint density at radius 2 is 2.12 bits per heavy atom. The third-order valence-corrected chi connectivity index (χ3v) is 3.33. The third kappa shape index (κ3) is 4.86. The van der Waals surface area contributed by atoms with E-state index >= 15 is 0 Å². The number of nitrogens with one attached hydrogen (secondary N) is 1. The van der Waals surface area contributed by atoms with Gasteiger partial charge in [0.15, 0.2) is 0 Å². The van der Waals surface area contributed by atoms with Gasteiger partial charge in [-0.25, -0.2) is 0 Å². The molecule has 1 N–H and O–H groups in total. The second-order valence-electron chi connectivity index (χ2n) is 4.02. The molecular formula is C12H14BrCl2NO. The number of hydrogen-bond acceptors (Lipinski definition) is 1. The lowest BCUT2D eigenvalue weighted by atomic mass is 10.1.